The zero-order valence-electron chi connectivity index (χ0n) is 15.3. The number of aromatic nitrogens is 2. The number of carbonyl (C=O) groups excluding carboxylic acids is 1. The van der Waals surface area contributed by atoms with Gasteiger partial charge in [-0.05, 0) is 43.5 Å². The first-order valence-corrected chi connectivity index (χ1v) is 9.37. The lowest BCUT2D eigenvalue weighted by molar-refractivity contribution is -0.119. The molecule has 0 unspecified atom stereocenters. The van der Waals surface area contributed by atoms with Crippen molar-refractivity contribution in [2.45, 2.75) is 32.9 Å². The molecule has 0 saturated carbocycles. The maximum atomic E-state index is 13.1. The van der Waals surface area contributed by atoms with Gasteiger partial charge in [-0.15, -0.1) is 0 Å². The Morgan fingerprint density at radius 1 is 1.19 bits per heavy atom. The normalized spacial score (nSPS) is 14.8. The minimum Gasteiger partial charge on any atom is -0.488 e. The molecule has 5 heteroatoms. The van der Waals surface area contributed by atoms with Gasteiger partial charge in [-0.2, -0.15) is 5.10 Å². The third-order valence-electron chi connectivity index (χ3n) is 5.38. The van der Waals surface area contributed by atoms with Gasteiger partial charge in [0.15, 0.2) is 0 Å². The first-order valence-electron chi connectivity index (χ1n) is 9.37. The molecule has 3 aromatic rings. The third-order valence-corrected chi connectivity index (χ3v) is 5.38. The molecule has 1 aromatic heterocycles. The van der Waals surface area contributed by atoms with Crippen molar-refractivity contribution >= 4 is 11.6 Å². The summed E-state index contributed by atoms with van der Waals surface area (Å²) in [6.45, 7) is 3.55. The zero-order valence-corrected chi connectivity index (χ0v) is 15.3. The summed E-state index contributed by atoms with van der Waals surface area (Å²) in [5.74, 6) is 0.930. The van der Waals surface area contributed by atoms with Crippen molar-refractivity contribution in [3.05, 3.63) is 65.4 Å². The lowest BCUT2D eigenvalue weighted by atomic mass is 10.0. The maximum absolute atomic E-state index is 13.1. The molecule has 5 nitrogen and oxygen atoms in total. The average molecular weight is 359 g/mol. The molecule has 1 amide bonds. The Morgan fingerprint density at radius 3 is 3.00 bits per heavy atom. The predicted molar refractivity (Wildman–Crippen MR) is 104 cm³/mol. The van der Waals surface area contributed by atoms with Gasteiger partial charge in [0.1, 0.15) is 18.9 Å². The van der Waals surface area contributed by atoms with E-state index in [0.717, 1.165) is 53.2 Å². The Kier molecular flexibility index (Phi) is 3.74. The number of carbonyl (C=O) groups is 1. The number of benzene rings is 2. The van der Waals surface area contributed by atoms with E-state index in [9.17, 15) is 4.79 Å². The number of para-hydroxylation sites is 1. The van der Waals surface area contributed by atoms with E-state index in [0.29, 0.717) is 6.61 Å². The van der Waals surface area contributed by atoms with Crippen LogP contribution in [-0.4, -0.2) is 22.2 Å². The van der Waals surface area contributed by atoms with Gasteiger partial charge in [0.05, 0.1) is 11.9 Å². The number of ether oxygens (including phenoxy) is 1. The molecule has 27 heavy (non-hydrogen) atoms. The Balaban J connectivity index is 1.49. The Hall–Kier alpha value is -3.08. The monoisotopic (exact) mass is 359 g/mol. The molecular formula is C22H21N3O2. The van der Waals surface area contributed by atoms with Gasteiger partial charge in [-0.3, -0.25) is 9.48 Å². The molecule has 0 radical (unpaired) electrons. The van der Waals surface area contributed by atoms with Gasteiger partial charge >= 0.3 is 0 Å². The quantitative estimate of drug-likeness (QED) is 0.700. The van der Waals surface area contributed by atoms with Gasteiger partial charge in [-0.25, -0.2) is 0 Å². The van der Waals surface area contributed by atoms with E-state index < -0.39 is 0 Å². The molecular weight excluding hydrogens is 338 g/mol. The Morgan fingerprint density at radius 2 is 2.07 bits per heavy atom. The summed E-state index contributed by atoms with van der Waals surface area (Å²) in [6, 6.07) is 14.3. The summed E-state index contributed by atoms with van der Waals surface area (Å²) in [5.41, 5.74) is 6.48. The molecule has 0 atom stereocenters. The molecule has 5 rings (SSSR count). The van der Waals surface area contributed by atoms with Gasteiger partial charge in [-0.1, -0.05) is 29.8 Å². The van der Waals surface area contributed by atoms with Crippen LogP contribution in [0.25, 0.3) is 11.3 Å². The fourth-order valence-corrected chi connectivity index (χ4v) is 4.08. The fraction of sp³-hybridized carbons (Fsp3) is 0.273. The first kappa shape index (κ1) is 16.1. The van der Waals surface area contributed by atoms with Crippen LogP contribution in [0.2, 0.25) is 0 Å². The molecule has 2 aromatic carbocycles. The van der Waals surface area contributed by atoms with Crippen LogP contribution < -0.4 is 9.64 Å². The molecule has 0 spiro atoms. The zero-order chi connectivity index (χ0) is 18.4. The molecule has 0 aliphatic carbocycles. The third kappa shape index (κ3) is 2.70. The minimum absolute atomic E-state index is 0.0775. The summed E-state index contributed by atoms with van der Waals surface area (Å²) >= 11 is 0. The molecule has 0 saturated heterocycles. The van der Waals surface area contributed by atoms with Crippen molar-refractivity contribution in [2.75, 3.05) is 11.4 Å². The SMILES string of the molecule is Cc1ccc2c(c1)-c1c(cnn1CC(=O)N1CCCc3ccccc31)CO2. The van der Waals surface area contributed by atoms with Gasteiger partial charge in [0, 0.05) is 23.4 Å². The van der Waals surface area contributed by atoms with E-state index in [1.807, 2.05) is 46.1 Å². The smallest absolute Gasteiger partial charge is 0.248 e. The molecule has 0 bridgehead atoms. The average Bonchev–Trinajstić information content (AvgIpc) is 3.10. The van der Waals surface area contributed by atoms with Crippen LogP contribution in [0.1, 0.15) is 23.1 Å². The van der Waals surface area contributed by atoms with E-state index in [1.165, 1.54) is 5.56 Å². The van der Waals surface area contributed by atoms with Gasteiger partial charge < -0.3 is 9.64 Å². The summed E-state index contributed by atoms with van der Waals surface area (Å²) in [4.78, 5) is 15.0. The maximum Gasteiger partial charge on any atom is 0.248 e. The van der Waals surface area contributed by atoms with Crippen LogP contribution in [0.5, 0.6) is 5.75 Å². The first-order chi connectivity index (χ1) is 13.2. The summed E-state index contributed by atoms with van der Waals surface area (Å²) in [7, 11) is 0. The van der Waals surface area contributed by atoms with E-state index in [-0.39, 0.29) is 12.5 Å². The minimum atomic E-state index is 0.0775. The molecule has 3 heterocycles. The van der Waals surface area contributed by atoms with E-state index >= 15 is 0 Å². The van der Waals surface area contributed by atoms with Crippen LogP contribution in [0.15, 0.2) is 48.7 Å². The number of hydrogen-bond acceptors (Lipinski definition) is 3. The van der Waals surface area contributed by atoms with Crippen molar-refractivity contribution in [3.63, 3.8) is 0 Å². The van der Waals surface area contributed by atoms with E-state index in [1.54, 1.807) is 0 Å². The molecule has 2 aliphatic rings. The second kappa shape index (κ2) is 6.27. The van der Waals surface area contributed by atoms with E-state index in [4.69, 9.17) is 4.74 Å². The van der Waals surface area contributed by atoms with Crippen LogP contribution >= 0.6 is 0 Å². The van der Waals surface area contributed by atoms with Gasteiger partial charge in [0.25, 0.3) is 0 Å². The standard InChI is InChI=1S/C22H21N3O2/c1-15-8-9-20-18(11-15)22-17(14-27-20)12-23-25(22)13-21(26)24-10-4-6-16-5-2-3-7-19(16)24/h2-3,5,7-9,11-12H,4,6,10,13-14H2,1H3. The number of nitrogens with zero attached hydrogens (tertiary/aromatic N) is 3. The van der Waals surface area contributed by atoms with Crippen molar-refractivity contribution < 1.29 is 9.53 Å². The Bertz CT molecular complexity index is 1040. The number of hydrogen-bond donors (Lipinski definition) is 0. The number of fused-ring (bicyclic) bond motifs is 4. The lowest BCUT2D eigenvalue weighted by Gasteiger charge is -2.29. The van der Waals surface area contributed by atoms with Gasteiger partial charge in [0.2, 0.25) is 5.91 Å². The Labute approximate surface area is 158 Å². The molecule has 0 fully saturated rings. The fourth-order valence-electron chi connectivity index (χ4n) is 4.08. The second-order valence-corrected chi connectivity index (χ2v) is 7.24. The number of rotatable bonds is 2. The highest BCUT2D eigenvalue weighted by molar-refractivity contribution is 5.94. The highest BCUT2D eigenvalue weighted by Gasteiger charge is 2.26. The van der Waals surface area contributed by atoms with Crippen LogP contribution in [0.3, 0.4) is 0 Å². The highest BCUT2D eigenvalue weighted by atomic mass is 16.5. The van der Waals surface area contributed by atoms with Crippen LogP contribution in [0, 0.1) is 6.92 Å². The predicted octanol–water partition coefficient (Wildman–Crippen LogP) is 3.73. The van der Waals surface area contributed by atoms with Crippen LogP contribution in [-0.2, 0) is 24.4 Å². The van der Waals surface area contributed by atoms with Crippen molar-refractivity contribution in [2.24, 2.45) is 0 Å². The second-order valence-electron chi connectivity index (χ2n) is 7.24. The van der Waals surface area contributed by atoms with Crippen molar-refractivity contribution in [1.82, 2.24) is 9.78 Å². The number of aryl methyl sites for hydroxylation is 2. The largest absolute Gasteiger partial charge is 0.488 e. The van der Waals surface area contributed by atoms with E-state index in [2.05, 4.69) is 24.2 Å². The molecule has 0 N–H and O–H groups in total. The number of amides is 1. The summed E-state index contributed by atoms with van der Waals surface area (Å²) in [5, 5.41) is 4.51. The van der Waals surface area contributed by atoms with Crippen molar-refractivity contribution in [3.8, 4) is 17.0 Å². The summed E-state index contributed by atoms with van der Waals surface area (Å²) < 4.78 is 7.67. The number of anilines is 1. The topological polar surface area (TPSA) is 47.4 Å². The van der Waals surface area contributed by atoms with Crippen LogP contribution in [0.4, 0.5) is 5.69 Å². The van der Waals surface area contributed by atoms with Crippen molar-refractivity contribution in [1.29, 1.82) is 0 Å². The molecule has 136 valence electrons. The summed E-state index contributed by atoms with van der Waals surface area (Å²) in [6.07, 6.45) is 3.84. The molecule has 2 aliphatic heterocycles. The highest BCUT2D eigenvalue weighted by Crippen LogP contribution is 2.38. The lowest BCUT2D eigenvalue weighted by Crippen LogP contribution is -2.38.